The van der Waals surface area contributed by atoms with Crippen molar-refractivity contribution in [1.29, 1.82) is 0 Å². The van der Waals surface area contributed by atoms with Gasteiger partial charge in [0, 0.05) is 9.35 Å². The maximum atomic E-state index is 13.1. The van der Waals surface area contributed by atoms with Crippen molar-refractivity contribution in [3.63, 3.8) is 0 Å². The zero-order valence-electron chi connectivity index (χ0n) is 7.65. The van der Waals surface area contributed by atoms with Gasteiger partial charge in [0.2, 0.25) is 0 Å². The van der Waals surface area contributed by atoms with Crippen LogP contribution in [0, 0.1) is 5.82 Å². The molecule has 0 bridgehead atoms. The fourth-order valence-corrected chi connectivity index (χ4v) is 2.56. The Morgan fingerprint density at radius 2 is 2.13 bits per heavy atom. The fourth-order valence-electron chi connectivity index (χ4n) is 1.34. The average molecular weight is 287 g/mol. The molecule has 0 fully saturated rings. The van der Waals surface area contributed by atoms with E-state index in [1.54, 1.807) is 6.07 Å². The summed E-state index contributed by atoms with van der Waals surface area (Å²) in [6, 6.07) is 8.11. The van der Waals surface area contributed by atoms with Gasteiger partial charge in [0.15, 0.2) is 0 Å². The van der Waals surface area contributed by atoms with Gasteiger partial charge in [-0.25, -0.2) is 4.39 Å². The molecule has 0 spiro atoms. The Morgan fingerprint density at radius 1 is 1.33 bits per heavy atom. The molecule has 0 saturated heterocycles. The smallest absolute Gasteiger partial charge is 0.124 e. The van der Waals surface area contributed by atoms with E-state index in [2.05, 4.69) is 15.9 Å². The van der Waals surface area contributed by atoms with Crippen LogP contribution in [0.4, 0.5) is 4.39 Å². The minimum atomic E-state index is -0.753. The van der Waals surface area contributed by atoms with Gasteiger partial charge in [-0.2, -0.15) is 0 Å². The Balaban J connectivity index is 2.37. The van der Waals surface area contributed by atoms with E-state index in [0.29, 0.717) is 10.0 Å². The number of hydrogen-bond donors (Lipinski definition) is 1. The summed E-state index contributed by atoms with van der Waals surface area (Å²) in [4.78, 5) is 0.813. The molecule has 2 aromatic rings. The number of thiophene rings is 1. The third kappa shape index (κ3) is 2.45. The summed E-state index contributed by atoms with van der Waals surface area (Å²) in [6.07, 6.45) is -0.753. The highest BCUT2D eigenvalue weighted by Gasteiger charge is 2.12. The van der Waals surface area contributed by atoms with Gasteiger partial charge in [0.05, 0.1) is 0 Å². The molecule has 0 aliphatic rings. The number of hydrogen-bond acceptors (Lipinski definition) is 2. The Bertz CT molecular complexity index is 435. The van der Waals surface area contributed by atoms with Gasteiger partial charge < -0.3 is 5.11 Å². The summed E-state index contributed by atoms with van der Waals surface area (Å²) in [7, 11) is 0. The van der Waals surface area contributed by atoms with E-state index in [1.165, 1.54) is 23.5 Å². The zero-order chi connectivity index (χ0) is 10.8. The summed E-state index contributed by atoms with van der Waals surface area (Å²) >= 11 is 4.65. The van der Waals surface area contributed by atoms with Crippen molar-refractivity contribution < 1.29 is 9.50 Å². The van der Waals surface area contributed by atoms with Crippen LogP contribution < -0.4 is 0 Å². The average Bonchev–Trinajstić information content (AvgIpc) is 2.67. The maximum Gasteiger partial charge on any atom is 0.124 e. The number of aliphatic hydroxyl groups excluding tert-OH is 1. The van der Waals surface area contributed by atoms with E-state index in [1.807, 2.05) is 17.5 Å². The lowest BCUT2D eigenvalue weighted by molar-refractivity contribution is 0.223. The second-order valence-corrected chi connectivity index (χ2v) is 5.02. The lowest BCUT2D eigenvalue weighted by Gasteiger charge is -2.09. The first-order valence-electron chi connectivity index (χ1n) is 4.34. The van der Waals surface area contributed by atoms with Crippen molar-refractivity contribution in [3.8, 4) is 0 Å². The Kier molecular flexibility index (Phi) is 3.19. The molecule has 1 aromatic carbocycles. The number of halogens is 2. The van der Waals surface area contributed by atoms with Crippen molar-refractivity contribution in [1.82, 2.24) is 0 Å². The molecular formula is C11H8BrFOS. The van der Waals surface area contributed by atoms with Crippen molar-refractivity contribution in [2.24, 2.45) is 0 Å². The molecule has 1 heterocycles. The molecule has 1 N–H and O–H groups in total. The standard InChI is InChI=1S/C11H8BrFOS/c12-8-4-7(5-9(13)6-8)11(14)10-2-1-3-15-10/h1-6,11,14H. The van der Waals surface area contributed by atoms with E-state index in [9.17, 15) is 9.50 Å². The zero-order valence-corrected chi connectivity index (χ0v) is 10.1. The summed E-state index contributed by atoms with van der Waals surface area (Å²) in [5, 5.41) is 11.8. The van der Waals surface area contributed by atoms with Gasteiger partial charge in [-0.05, 0) is 35.2 Å². The van der Waals surface area contributed by atoms with E-state index >= 15 is 0 Å². The monoisotopic (exact) mass is 286 g/mol. The highest BCUT2D eigenvalue weighted by molar-refractivity contribution is 9.10. The van der Waals surface area contributed by atoms with Crippen molar-refractivity contribution >= 4 is 27.3 Å². The molecule has 4 heteroatoms. The summed E-state index contributed by atoms with van der Waals surface area (Å²) in [5.41, 5.74) is 0.560. The van der Waals surface area contributed by atoms with Gasteiger partial charge in [0.25, 0.3) is 0 Å². The molecule has 0 aliphatic carbocycles. The van der Waals surface area contributed by atoms with Gasteiger partial charge in [-0.15, -0.1) is 11.3 Å². The fraction of sp³-hybridized carbons (Fsp3) is 0.0909. The second-order valence-electron chi connectivity index (χ2n) is 3.12. The Labute approximate surface area is 99.3 Å². The van der Waals surface area contributed by atoms with Crippen LogP contribution in [0.5, 0.6) is 0 Å². The van der Waals surface area contributed by atoms with Gasteiger partial charge in [-0.3, -0.25) is 0 Å². The van der Waals surface area contributed by atoms with E-state index in [0.717, 1.165) is 4.88 Å². The molecular weight excluding hydrogens is 279 g/mol. The quantitative estimate of drug-likeness (QED) is 0.892. The van der Waals surface area contributed by atoms with Crippen LogP contribution in [-0.2, 0) is 0 Å². The SMILES string of the molecule is OC(c1cc(F)cc(Br)c1)c1cccs1. The first kappa shape index (κ1) is 10.8. The Morgan fingerprint density at radius 3 is 2.73 bits per heavy atom. The van der Waals surface area contributed by atoms with E-state index < -0.39 is 6.10 Å². The van der Waals surface area contributed by atoms with Crippen molar-refractivity contribution in [2.45, 2.75) is 6.10 Å². The molecule has 1 unspecified atom stereocenters. The number of aliphatic hydroxyl groups is 1. The largest absolute Gasteiger partial charge is 0.383 e. The van der Waals surface area contributed by atoms with Crippen LogP contribution in [0.1, 0.15) is 16.5 Å². The Hall–Kier alpha value is -0.710. The van der Waals surface area contributed by atoms with E-state index in [4.69, 9.17) is 0 Å². The lowest BCUT2D eigenvalue weighted by atomic mass is 10.1. The van der Waals surface area contributed by atoms with Crippen molar-refractivity contribution in [3.05, 3.63) is 56.4 Å². The van der Waals surface area contributed by atoms with Crippen molar-refractivity contribution in [2.75, 3.05) is 0 Å². The predicted octanol–water partition coefficient (Wildman–Crippen LogP) is 3.73. The molecule has 0 aliphatic heterocycles. The number of benzene rings is 1. The van der Waals surface area contributed by atoms with Crippen LogP contribution in [-0.4, -0.2) is 5.11 Å². The normalized spacial score (nSPS) is 12.7. The lowest BCUT2D eigenvalue weighted by Crippen LogP contribution is -1.97. The first-order chi connectivity index (χ1) is 7.16. The van der Waals surface area contributed by atoms with Crippen LogP contribution in [0.2, 0.25) is 0 Å². The van der Waals surface area contributed by atoms with Crippen LogP contribution >= 0.6 is 27.3 Å². The molecule has 0 radical (unpaired) electrons. The van der Waals surface area contributed by atoms with Gasteiger partial charge >= 0.3 is 0 Å². The topological polar surface area (TPSA) is 20.2 Å². The minimum absolute atomic E-state index is 0.352. The molecule has 1 aromatic heterocycles. The second kappa shape index (κ2) is 4.43. The highest BCUT2D eigenvalue weighted by Crippen LogP contribution is 2.28. The molecule has 15 heavy (non-hydrogen) atoms. The molecule has 0 saturated carbocycles. The third-order valence-electron chi connectivity index (χ3n) is 2.01. The van der Waals surface area contributed by atoms with Crippen LogP contribution in [0.3, 0.4) is 0 Å². The highest BCUT2D eigenvalue weighted by atomic mass is 79.9. The summed E-state index contributed by atoms with van der Waals surface area (Å²) in [6.45, 7) is 0. The van der Waals surface area contributed by atoms with Gasteiger partial charge in [0.1, 0.15) is 11.9 Å². The summed E-state index contributed by atoms with van der Waals surface area (Å²) < 4.78 is 13.7. The minimum Gasteiger partial charge on any atom is -0.383 e. The first-order valence-corrected chi connectivity index (χ1v) is 6.01. The molecule has 1 nitrogen and oxygen atoms in total. The van der Waals surface area contributed by atoms with E-state index in [-0.39, 0.29) is 5.82 Å². The predicted molar refractivity (Wildman–Crippen MR) is 62.5 cm³/mol. The van der Waals surface area contributed by atoms with Gasteiger partial charge in [-0.1, -0.05) is 22.0 Å². The number of rotatable bonds is 2. The van der Waals surface area contributed by atoms with Crippen LogP contribution in [0.15, 0.2) is 40.2 Å². The molecule has 0 amide bonds. The summed E-state index contributed by atoms with van der Waals surface area (Å²) in [5.74, 6) is -0.352. The third-order valence-corrected chi connectivity index (χ3v) is 3.40. The molecule has 78 valence electrons. The molecule has 1 atom stereocenters. The van der Waals surface area contributed by atoms with Crippen LogP contribution in [0.25, 0.3) is 0 Å². The molecule has 2 rings (SSSR count). The maximum absolute atomic E-state index is 13.1.